The number of rotatable bonds is 4. The molecular formula is C34H33NS2. The molecule has 0 aliphatic carbocycles. The van der Waals surface area contributed by atoms with Crippen LogP contribution in [0, 0.1) is 12.8 Å². The molecule has 0 amide bonds. The van der Waals surface area contributed by atoms with E-state index in [4.69, 9.17) is 4.98 Å². The molecule has 0 aliphatic rings. The number of aryl methyl sites for hydroxylation is 1. The molecule has 0 saturated heterocycles. The van der Waals surface area contributed by atoms with Crippen molar-refractivity contribution in [3.63, 3.8) is 0 Å². The van der Waals surface area contributed by atoms with Crippen molar-refractivity contribution in [1.82, 2.24) is 4.98 Å². The van der Waals surface area contributed by atoms with E-state index >= 15 is 0 Å². The number of thiophene rings is 2. The quantitative estimate of drug-likeness (QED) is 0.226. The van der Waals surface area contributed by atoms with Crippen molar-refractivity contribution in [2.24, 2.45) is 5.92 Å². The van der Waals surface area contributed by atoms with Gasteiger partial charge in [0.05, 0.1) is 5.69 Å². The zero-order valence-corrected chi connectivity index (χ0v) is 24.1. The van der Waals surface area contributed by atoms with Crippen LogP contribution in [0.15, 0.2) is 72.9 Å². The average molecular weight is 520 g/mol. The minimum atomic E-state index is 0.0475. The lowest BCUT2D eigenvalue weighted by molar-refractivity contribution is 0.596. The second kappa shape index (κ2) is 9.08. The molecule has 6 rings (SSSR count). The molecule has 0 saturated carbocycles. The molecule has 0 unspecified atom stereocenters. The topological polar surface area (TPSA) is 12.9 Å². The maximum Gasteiger partial charge on any atom is 0.0789 e. The van der Waals surface area contributed by atoms with Gasteiger partial charge in [0, 0.05) is 36.3 Å². The summed E-state index contributed by atoms with van der Waals surface area (Å²) in [5.74, 6) is 0.665. The molecule has 0 atom stereocenters. The SMILES string of the molecule is Cc1c(-c2cc3c(-c4cc(C(C)(C)C)c5ccccc5c4)nccc3s2)sc2ccc(CC(C)C)cc12. The van der Waals surface area contributed by atoms with Crippen LogP contribution in [0.3, 0.4) is 0 Å². The summed E-state index contributed by atoms with van der Waals surface area (Å²) in [5.41, 5.74) is 6.52. The fourth-order valence-electron chi connectivity index (χ4n) is 5.47. The number of fused-ring (bicyclic) bond motifs is 3. The van der Waals surface area contributed by atoms with E-state index in [-0.39, 0.29) is 5.41 Å². The first kappa shape index (κ1) is 24.3. The number of nitrogens with zero attached hydrogens (tertiary/aromatic N) is 1. The molecule has 3 aromatic carbocycles. The zero-order valence-electron chi connectivity index (χ0n) is 22.5. The van der Waals surface area contributed by atoms with Gasteiger partial charge in [-0.25, -0.2) is 0 Å². The van der Waals surface area contributed by atoms with Crippen molar-refractivity contribution in [3.05, 3.63) is 89.6 Å². The van der Waals surface area contributed by atoms with Crippen molar-refractivity contribution >= 4 is 53.6 Å². The third kappa shape index (κ3) is 4.39. The van der Waals surface area contributed by atoms with Gasteiger partial charge < -0.3 is 0 Å². The van der Waals surface area contributed by atoms with Gasteiger partial charge in [0.25, 0.3) is 0 Å². The van der Waals surface area contributed by atoms with Gasteiger partial charge in [-0.1, -0.05) is 71.0 Å². The highest BCUT2D eigenvalue weighted by atomic mass is 32.1. The lowest BCUT2D eigenvalue weighted by atomic mass is 9.82. The lowest BCUT2D eigenvalue weighted by Crippen LogP contribution is -2.12. The van der Waals surface area contributed by atoms with Gasteiger partial charge in [0.15, 0.2) is 0 Å². The third-order valence-corrected chi connectivity index (χ3v) is 9.81. The Kier molecular flexibility index (Phi) is 5.97. The highest BCUT2D eigenvalue weighted by molar-refractivity contribution is 7.28. The van der Waals surface area contributed by atoms with Gasteiger partial charge in [0.2, 0.25) is 0 Å². The molecule has 3 heterocycles. The Morgan fingerprint density at radius 1 is 0.811 bits per heavy atom. The summed E-state index contributed by atoms with van der Waals surface area (Å²) in [7, 11) is 0. The zero-order chi connectivity index (χ0) is 25.9. The van der Waals surface area contributed by atoms with Gasteiger partial charge in [0.1, 0.15) is 0 Å². The standard InChI is InChI=1S/C34H33NS2/c1-20(2)15-22-11-12-29-26(16-22)21(3)33(37-29)31-19-27-30(36-31)13-14-35-32(27)24-17-23-9-7-8-10-25(23)28(18-24)34(4,5)6/h7-14,16-20H,15H2,1-6H3. The lowest BCUT2D eigenvalue weighted by Gasteiger charge is -2.22. The van der Waals surface area contributed by atoms with Crippen LogP contribution in [0.1, 0.15) is 51.3 Å². The summed E-state index contributed by atoms with van der Waals surface area (Å²) >= 11 is 3.81. The van der Waals surface area contributed by atoms with Crippen LogP contribution in [0.2, 0.25) is 0 Å². The molecule has 0 aliphatic heterocycles. The second-order valence-corrected chi connectivity index (χ2v) is 13.8. The van der Waals surface area contributed by atoms with Gasteiger partial charge in [-0.15, -0.1) is 22.7 Å². The molecule has 0 radical (unpaired) electrons. The summed E-state index contributed by atoms with van der Waals surface area (Å²) in [6.45, 7) is 13.8. The highest BCUT2D eigenvalue weighted by Gasteiger charge is 2.20. The Morgan fingerprint density at radius 2 is 1.59 bits per heavy atom. The highest BCUT2D eigenvalue weighted by Crippen LogP contribution is 2.45. The molecule has 0 bridgehead atoms. The van der Waals surface area contributed by atoms with Crippen LogP contribution < -0.4 is 0 Å². The fourth-order valence-corrected chi connectivity index (χ4v) is 7.88. The van der Waals surface area contributed by atoms with Crippen molar-refractivity contribution < 1.29 is 0 Å². The summed E-state index contributed by atoms with van der Waals surface area (Å²) < 4.78 is 2.67. The number of benzene rings is 3. The third-order valence-electron chi connectivity index (χ3n) is 7.26. The molecule has 3 heteroatoms. The molecular weight excluding hydrogens is 487 g/mol. The molecule has 0 fully saturated rings. The van der Waals surface area contributed by atoms with E-state index in [9.17, 15) is 0 Å². The number of pyridine rings is 1. The van der Waals surface area contributed by atoms with E-state index in [1.807, 2.05) is 28.9 Å². The van der Waals surface area contributed by atoms with Gasteiger partial charge in [-0.3, -0.25) is 4.98 Å². The fraction of sp³-hybridized carbons (Fsp3) is 0.265. The van der Waals surface area contributed by atoms with Crippen molar-refractivity contribution in [3.8, 4) is 21.0 Å². The van der Waals surface area contributed by atoms with Crippen molar-refractivity contribution in [2.45, 2.75) is 53.4 Å². The maximum atomic E-state index is 4.93. The van der Waals surface area contributed by atoms with Gasteiger partial charge >= 0.3 is 0 Å². The number of hydrogen-bond acceptors (Lipinski definition) is 3. The molecule has 1 nitrogen and oxygen atoms in total. The maximum absolute atomic E-state index is 4.93. The Labute approximate surface area is 227 Å². The second-order valence-electron chi connectivity index (χ2n) is 11.7. The summed E-state index contributed by atoms with van der Waals surface area (Å²) in [6.07, 6.45) is 3.10. The number of hydrogen-bond donors (Lipinski definition) is 0. The van der Waals surface area contributed by atoms with Crippen LogP contribution in [-0.2, 0) is 11.8 Å². The first-order valence-electron chi connectivity index (χ1n) is 13.1. The first-order valence-corrected chi connectivity index (χ1v) is 14.8. The normalized spacial score (nSPS) is 12.4. The Bertz CT molecular complexity index is 1780. The van der Waals surface area contributed by atoms with Crippen LogP contribution in [0.4, 0.5) is 0 Å². The molecule has 37 heavy (non-hydrogen) atoms. The van der Waals surface area contributed by atoms with Gasteiger partial charge in [-0.2, -0.15) is 0 Å². The minimum Gasteiger partial charge on any atom is -0.256 e. The number of aromatic nitrogens is 1. The Balaban J connectivity index is 1.51. The molecule has 6 aromatic rings. The predicted octanol–water partition coefficient (Wildman–Crippen LogP) is 10.8. The summed E-state index contributed by atoms with van der Waals surface area (Å²) in [5, 5.41) is 5.25. The average Bonchev–Trinajstić information content (AvgIpc) is 3.43. The van der Waals surface area contributed by atoms with Crippen molar-refractivity contribution in [2.75, 3.05) is 0 Å². The largest absolute Gasteiger partial charge is 0.256 e. The van der Waals surface area contributed by atoms with E-state index in [0.717, 1.165) is 12.1 Å². The molecule has 0 spiro atoms. The van der Waals surface area contributed by atoms with E-state index in [2.05, 4.69) is 108 Å². The minimum absolute atomic E-state index is 0.0475. The monoisotopic (exact) mass is 519 g/mol. The van der Waals surface area contributed by atoms with Crippen LogP contribution in [0.25, 0.3) is 52.0 Å². The van der Waals surface area contributed by atoms with Crippen LogP contribution in [0.5, 0.6) is 0 Å². The van der Waals surface area contributed by atoms with E-state index < -0.39 is 0 Å². The van der Waals surface area contributed by atoms with Crippen LogP contribution >= 0.6 is 22.7 Å². The van der Waals surface area contributed by atoms with E-state index in [1.54, 1.807) is 0 Å². The Hall–Kier alpha value is -3.01. The Morgan fingerprint density at radius 3 is 2.38 bits per heavy atom. The summed E-state index contributed by atoms with van der Waals surface area (Å²) in [6, 6.07) is 25.0. The van der Waals surface area contributed by atoms with E-state index in [0.29, 0.717) is 5.92 Å². The van der Waals surface area contributed by atoms with Crippen molar-refractivity contribution in [1.29, 1.82) is 0 Å². The van der Waals surface area contributed by atoms with Gasteiger partial charge in [-0.05, 0) is 87.9 Å². The summed E-state index contributed by atoms with van der Waals surface area (Å²) in [4.78, 5) is 7.65. The smallest absolute Gasteiger partial charge is 0.0789 e. The first-order chi connectivity index (χ1) is 17.7. The molecule has 0 N–H and O–H groups in total. The van der Waals surface area contributed by atoms with E-state index in [1.165, 1.54) is 63.0 Å². The van der Waals surface area contributed by atoms with Crippen LogP contribution in [-0.4, -0.2) is 4.98 Å². The molecule has 3 aromatic heterocycles. The molecule has 186 valence electrons. The predicted molar refractivity (Wildman–Crippen MR) is 165 cm³/mol.